The standard InChI is InChI=1S/C27H25F2N5O6/c1-16-3-5-18(6-4-16)15-33-25(32-26(37)34(27(33)38)14-17(2)23(35)36)31-19-7-9-20(10-8-19)39-22-12-11-21(13-30-22)40-24(28)29/h3-13,17,24H,14-15H2,1-2H3,(H,35,36)(H,31,32,37)/t17-/m1/s1. The first-order chi connectivity index (χ1) is 19.1. The minimum atomic E-state index is -2.96. The SMILES string of the molecule is Cc1ccc(Cn2c(Nc3ccc(Oc4ccc(OC(F)F)cn4)cc3)nc(=O)n(C[C@@H](C)C(=O)O)c2=O)cc1. The number of pyridine rings is 1. The average Bonchev–Trinajstić information content (AvgIpc) is 2.91. The second-order valence-corrected chi connectivity index (χ2v) is 8.88. The molecule has 11 nitrogen and oxygen atoms in total. The number of halogens is 2. The second-order valence-electron chi connectivity index (χ2n) is 8.88. The first kappa shape index (κ1) is 28.0. The number of ether oxygens (including phenoxy) is 2. The van der Waals surface area contributed by atoms with Crippen LogP contribution in [0.4, 0.5) is 20.4 Å². The van der Waals surface area contributed by atoms with Crippen LogP contribution in [0.1, 0.15) is 18.1 Å². The summed E-state index contributed by atoms with van der Waals surface area (Å²) in [5.41, 5.74) is 0.687. The number of nitrogens with zero attached hydrogens (tertiary/aromatic N) is 4. The largest absolute Gasteiger partial charge is 0.481 e. The summed E-state index contributed by atoms with van der Waals surface area (Å²) in [5, 5.41) is 12.2. The number of carboxylic acids is 1. The maximum atomic E-state index is 13.3. The molecule has 0 fully saturated rings. The van der Waals surface area contributed by atoms with Crippen molar-refractivity contribution in [1.82, 2.24) is 19.1 Å². The van der Waals surface area contributed by atoms with Gasteiger partial charge in [-0.05, 0) is 42.8 Å². The summed E-state index contributed by atoms with van der Waals surface area (Å²) in [5.74, 6) is -1.73. The fourth-order valence-corrected chi connectivity index (χ4v) is 3.61. The molecule has 0 aliphatic carbocycles. The van der Waals surface area contributed by atoms with E-state index in [4.69, 9.17) is 4.74 Å². The molecule has 0 bridgehead atoms. The fraction of sp³-hybridized carbons (Fsp3) is 0.222. The first-order valence-corrected chi connectivity index (χ1v) is 12.0. The van der Waals surface area contributed by atoms with Gasteiger partial charge in [0, 0.05) is 18.3 Å². The number of carboxylic acid groups (broad SMARTS) is 1. The number of carbonyl (C=O) groups is 1. The maximum Gasteiger partial charge on any atom is 0.387 e. The van der Waals surface area contributed by atoms with Gasteiger partial charge in [0.25, 0.3) is 0 Å². The zero-order chi connectivity index (χ0) is 28.8. The molecule has 2 N–H and O–H groups in total. The van der Waals surface area contributed by atoms with Gasteiger partial charge in [-0.15, -0.1) is 0 Å². The van der Waals surface area contributed by atoms with Gasteiger partial charge in [0.15, 0.2) is 0 Å². The van der Waals surface area contributed by atoms with Gasteiger partial charge in [0.2, 0.25) is 11.8 Å². The van der Waals surface area contributed by atoms with Crippen LogP contribution in [0.5, 0.6) is 17.4 Å². The number of aromatic nitrogens is 4. The number of nitrogens with one attached hydrogen (secondary N) is 1. The molecule has 40 heavy (non-hydrogen) atoms. The number of alkyl halides is 2. The van der Waals surface area contributed by atoms with E-state index in [2.05, 4.69) is 20.0 Å². The lowest BCUT2D eigenvalue weighted by Gasteiger charge is -2.17. The molecule has 2 heterocycles. The van der Waals surface area contributed by atoms with E-state index in [9.17, 15) is 28.3 Å². The molecule has 4 aromatic rings. The highest BCUT2D eigenvalue weighted by molar-refractivity contribution is 5.69. The normalized spacial score (nSPS) is 11.7. The maximum absolute atomic E-state index is 13.3. The van der Waals surface area contributed by atoms with E-state index in [1.807, 2.05) is 31.2 Å². The van der Waals surface area contributed by atoms with E-state index in [0.717, 1.165) is 21.9 Å². The van der Waals surface area contributed by atoms with Crippen LogP contribution in [0.25, 0.3) is 0 Å². The number of rotatable bonds is 11. The van der Waals surface area contributed by atoms with Crippen LogP contribution in [0.2, 0.25) is 0 Å². The predicted octanol–water partition coefficient (Wildman–Crippen LogP) is 4.01. The zero-order valence-corrected chi connectivity index (χ0v) is 21.5. The number of aryl methyl sites for hydroxylation is 1. The summed E-state index contributed by atoms with van der Waals surface area (Å²) in [6.07, 6.45) is 1.11. The summed E-state index contributed by atoms with van der Waals surface area (Å²) < 4.78 is 36.5. The smallest absolute Gasteiger partial charge is 0.387 e. The van der Waals surface area contributed by atoms with E-state index in [1.54, 1.807) is 24.3 Å². The van der Waals surface area contributed by atoms with Crippen molar-refractivity contribution in [2.75, 3.05) is 5.32 Å². The predicted molar refractivity (Wildman–Crippen MR) is 141 cm³/mol. The molecular formula is C27H25F2N5O6. The molecule has 0 spiro atoms. The third-order valence-electron chi connectivity index (χ3n) is 5.76. The lowest BCUT2D eigenvalue weighted by atomic mass is 10.1. The van der Waals surface area contributed by atoms with Crippen molar-refractivity contribution in [2.45, 2.75) is 33.5 Å². The van der Waals surface area contributed by atoms with Crippen LogP contribution in [-0.4, -0.2) is 36.8 Å². The third-order valence-corrected chi connectivity index (χ3v) is 5.76. The van der Waals surface area contributed by atoms with Crippen molar-refractivity contribution in [3.05, 3.63) is 99.0 Å². The Labute approximate surface area is 226 Å². The summed E-state index contributed by atoms with van der Waals surface area (Å²) in [4.78, 5) is 45.4. The van der Waals surface area contributed by atoms with Gasteiger partial charge in [0.1, 0.15) is 11.5 Å². The monoisotopic (exact) mass is 553 g/mol. The van der Waals surface area contributed by atoms with Crippen molar-refractivity contribution >= 4 is 17.6 Å². The van der Waals surface area contributed by atoms with Crippen molar-refractivity contribution in [3.8, 4) is 17.4 Å². The molecule has 0 aliphatic rings. The van der Waals surface area contributed by atoms with Crippen molar-refractivity contribution in [1.29, 1.82) is 0 Å². The second kappa shape index (κ2) is 12.2. The molecule has 13 heteroatoms. The topological polar surface area (TPSA) is 138 Å². The first-order valence-electron chi connectivity index (χ1n) is 12.0. The number of hydrogen-bond donors (Lipinski definition) is 2. The molecule has 4 rings (SSSR count). The summed E-state index contributed by atoms with van der Waals surface area (Å²) in [6.45, 7) is 0.114. The molecule has 0 unspecified atom stereocenters. The number of hydrogen-bond acceptors (Lipinski definition) is 8. The van der Waals surface area contributed by atoms with Gasteiger partial charge in [-0.2, -0.15) is 13.8 Å². The Kier molecular flexibility index (Phi) is 8.52. The quantitative estimate of drug-likeness (QED) is 0.282. The van der Waals surface area contributed by atoms with Gasteiger partial charge < -0.3 is 19.9 Å². The Morgan fingerprint density at radius 3 is 2.27 bits per heavy atom. The summed E-state index contributed by atoms with van der Waals surface area (Å²) >= 11 is 0. The minimum absolute atomic E-state index is 0.0280. The van der Waals surface area contributed by atoms with E-state index >= 15 is 0 Å². The zero-order valence-electron chi connectivity index (χ0n) is 21.5. The molecule has 208 valence electrons. The molecule has 0 radical (unpaired) electrons. The van der Waals surface area contributed by atoms with Crippen LogP contribution < -0.4 is 26.2 Å². The molecule has 2 aromatic carbocycles. The van der Waals surface area contributed by atoms with Crippen molar-refractivity contribution < 1.29 is 28.2 Å². The Morgan fingerprint density at radius 2 is 1.68 bits per heavy atom. The van der Waals surface area contributed by atoms with Gasteiger partial charge in [0.05, 0.1) is 18.7 Å². The molecule has 0 aliphatic heterocycles. The average molecular weight is 554 g/mol. The van der Waals surface area contributed by atoms with Crippen LogP contribution in [0.15, 0.2) is 76.4 Å². The van der Waals surface area contributed by atoms with Crippen LogP contribution in [0.3, 0.4) is 0 Å². The molecule has 1 atom stereocenters. The van der Waals surface area contributed by atoms with Gasteiger partial charge in [-0.25, -0.2) is 19.1 Å². The molecule has 0 saturated carbocycles. The highest BCUT2D eigenvalue weighted by Gasteiger charge is 2.19. The summed E-state index contributed by atoms with van der Waals surface area (Å²) in [7, 11) is 0. The fourth-order valence-electron chi connectivity index (χ4n) is 3.61. The molecule has 2 aromatic heterocycles. The molecule has 0 saturated heterocycles. The molecular weight excluding hydrogens is 528 g/mol. The van der Waals surface area contributed by atoms with Gasteiger partial charge in [-0.1, -0.05) is 36.8 Å². The summed E-state index contributed by atoms with van der Waals surface area (Å²) in [6, 6.07) is 16.5. The van der Waals surface area contributed by atoms with Crippen molar-refractivity contribution in [2.24, 2.45) is 5.92 Å². The lowest BCUT2D eigenvalue weighted by Crippen LogP contribution is -2.44. The molecule has 0 amide bonds. The Bertz CT molecular complexity index is 1590. The van der Waals surface area contributed by atoms with Crippen LogP contribution in [0, 0.1) is 12.8 Å². The highest BCUT2D eigenvalue weighted by Crippen LogP contribution is 2.24. The minimum Gasteiger partial charge on any atom is -0.481 e. The van der Waals surface area contributed by atoms with Crippen LogP contribution in [-0.2, 0) is 17.9 Å². The third kappa shape index (κ3) is 7.07. The Balaban J connectivity index is 1.59. The van der Waals surface area contributed by atoms with E-state index < -0.39 is 29.9 Å². The van der Waals surface area contributed by atoms with Gasteiger partial charge >= 0.3 is 24.0 Å². The van der Waals surface area contributed by atoms with Crippen molar-refractivity contribution in [3.63, 3.8) is 0 Å². The van der Waals surface area contributed by atoms with E-state index in [0.29, 0.717) is 11.4 Å². The Morgan fingerprint density at radius 1 is 1.00 bits per heavy atom. The number of anilines is 2. The van der Waals surface area contributed by atoms with E-state index in [-0.39, 0.29) is 30.7 Å². The number of benzene rings is 2. The van der Waals surface area contributed by atoms with Gasteiger partial charge in [-0.3, -0.25) is 9.36 Å². The number of aliphatic carboxylic acids is 1. The van der Waals surface area contributed by atoms with E-state index in [1.165, 1.54) is 23.6 Å². The highest BCUT2D eigenvalue weighted by atomic mass is 19.3. The van der Waals surface area contributed by atoms with Crippen LogP contribution >= 0.6 is 0 Å². The lowest BCUT2D eigenvalue weighted by molar-refractivity contribution is -0.141. The Hall–Kier alpha value is -5.07.